The Bertz CT molecular complexity index is 1610. The first-order chi connectivity index (χ1) is 19.7. The third-order valence-electron chi connectivity index (χ3n) is 7.78. The highest BCUT2D eigenvalue weighted by Gasteiger charge is 2.36. The number of benzene rings is 1. The Morgan fingerprint density at radius 3 is 2.73 bits per heavy atom. The summed E-state index contributed by atoms with van der Waals surface area (Å²) in [5, 5.41) is 6.00. The van der Waals surface area contributed by atoms with Gasteiger partial charge in [-0.25, -0.2) is 4.98 Å². The van der Waals surface area contributed by atoms with Crippen molar-refractivity contribution in [1.82, 2.24) is 19.0 Å². The average molecular weight is 577 g/mol. The molecule has 0 unspecified atom stereocenters. The standard InChI is InChI=1S/C30H36N6O4S/c1-5-20-15-19(18-34(20)4)25-7-8-26(41-25)27(37)33-29-32-21-16-22-24(40-30(2,3)28(38)31-22)17-23(21)36(29)10-6-9-35-11-13-39-14-12-35/h7-8,15-18H,5-6,9-14H2,1-4H3,(H,31,38)(H,32,33,37). The number of carbonyl (C=O) groups excluding carboxylic acids is 2. The Morgan fingerprint density at radius 1 is 1.17 bits per heavy atom. The van der Waals surface area contributed by atoms with E-state index in [9.17, 15) is 9.59 Å². The van der Waals surface area contributed by atoms with E-state index in [1.807, 2.05) is 35.9 Å². The van der Waals surface area contributed by atoms with Crippen LogP contribution in [0.5, 0.6) is 5.75 Å². The number of ether oxygens (including phenoxy) is 2. The van der Waals surface area contributed by atoms with Gasteiger partial charge in [-0.05, 0) is 51.0 Å². The van der Waals surface area contributed by atoms with Crippen molar-refractivity contribution >= 4 is 45.8 Å². The minimum Gasteiger partial charge on any atom is -0.476 e. The Balaban J connectivity index is 1.28. The molecule has 5 heterocycles. The number of hydrogen-bond donors (Lipinski definition) is 2. The Kier molecular flexibility index (Phi) is 7.35. The molecule has 0 spiro atoms. The van der Waals surface area contributed by atoms with Gasteiger partial charge in [-0.3, -0.25) is 19.8 Å². The second kappa shape index (κ2) is 11.0. The Labute approximate surface area is 243 Å². The second-order valence-electron chi connectivity index (χ2n) is 11.1. The smallest absolute Gasteiger partial charge is 0.268 e. The molecule has 3 aromatic heterocycles. The average Bonchev–Trinajstić information content (AvgIpc) is 3.66. The van der Waals surface area contributed by atoms with E-state index in [2.05, 4.69) is 39.3 Å². The topological polar surface area (TPSA) is 103 Å². The number of thiophene rings is 1. The lowest BCUT2D eigenvalue weighted by molar-refractivity contribution is -0.129. The van der Waals surface area contributed by atoms with Crippen LogP contribution in [0.25, 0.3) is 21.5 Å². The van der Waals surface area contributed by atoms with Gasteiger partial charge in [0.2, 0.25) is 5.95 Å². The van der Waals surface area contributed by atoms with Gasteiger partial charge in [0, 0.05) is 61.6 Å². The van der Waals surface area contributed by atoms with E-state index >= 15 is 0 Å². The van der Waals surface area contributed by atoms with Crippen molar-refractivity contribution in [2.24, 2.45) is 7.05 Å². The number of morpholine rings is 1. The number of aryl methyl sites for hydroxylation is 3. The Morgan fingerprint density at radius 2 is 1.98 bits per heavy atom. The van der Waals surface area contributed by atoms with Crippen LogP contribution in [-0.4, -0.2) is 69.3 Å². The molecule has 2 aliphatic rings. The van der Waals surface area contributed by atoms with Crippen LogP contribution >= 0.6 is 11.3 Å². The normalized spacial score (nSPS) is 16.8. The summed E-state index contributed by atoms with van der Waals surface area (Å²) in [5.41, 5.74) is 3.48. The van der Waals surface area contributed by atoms with Gasteiger partial charge in [0.25, 0.3) is 11.8 Å². The minimum absolute atomic E-state index is 0.201. The SMILES string of the molecule is CCc1cc(-c2ccc(C(=O)Nc3nc4cc5c(cc4n3CCCN3CCOCC3)OC(C)(C)C(=O)N5)s2)cn1C. The number of anilines is 2. The molecule has 6 rings (SSSR count). The summed E-state index contributed by atoms with van der Waals surface area (Å²) in [7, 11) is 2.04. The number of hydrogen-bond acceptors (Lipinski definition) is 7. The number of fused-ring (bicyclic) bond motifs is 2. The maximum Gasteiger partial charge on any atom is 0.268 e. The summed E-state index contributed by atoms with van der Waals surface area (Å²) in [5.74, 6) is 0.656. The minimum atomic E-state index is -0.980. The molecule has 4 aromatic rings. The van der Waals surface area contributed by atoms with Gasteiger partial charge in [0.05, 0.1) is 34.8 Å². The maximum atomic E-state index is 13.5. The lowest BCUT2D eigenvalue weighted by atomic mass is 10.1. The third kappa shape index (κ3) is 5.49. The fourth-order valence-electron chi connectivity index (χ4n) is 5.40. The van der Waals surface area contributed by atoms with Crippen LogP contribution in [0, 0.1) is 0 Å². The summed E-state index contributed by atoms with van der Waals surface area (Å²) in [6.45, 7) is 10.6. The molecule has 41 heavy (non-hydrogen) atoms. The maximum absolute atomic E-state index is 13.5. The van der Waals surface area contributed by atoms with E-state index in [1.54, 1.807) is 13.8 Å². The number of aromatic nitrogens is 3. The fraction of sp³-hybridized carbons (Fsp3) is 0.433. The van der Waals surface area contributed by atoms with Gasteiger partial charge >= 0.3 is 0 Å². The zero-order chi connectivity index (χ0) is 28.7. The largest absolute Gasteiger partial charge is 0.476 e. The van der Waals surface area contributed by atoms with E-state index in [1.165, 1.54) is 17.0 Å². The van der Waals surface area contributed by atoms with Crippen molar-refractivity contribution < 1.29 is 19.1 Å². The fourth-order valence-corrected chi connectivity index (χ4v) is 6.28. The van der Waals surface area contributed by atoms with Crippen molar-refractivity contribution in [1.29, 1.82) is 0 Å². The molecule has 1 saturated heterocycles. The van der Waals surface area contributed by atoms with Gasteiger partial charge in [-0.15, -0.1) is 11.3 Å². The van der Waals surface area contributed by atoms with E-state index < -0.39 is 5.60 Å². The first-order valence-corrected chi connectivity index (χ1v) is 14.9. The van der Waals surface area contributed by atoms with Gasteiger partial charge < -0.3 is 23.9 Å². The lowest BCUT2D eigenvalue weighted by Crippen LogP contribution is -2.45. The molecule has 0 atom stereocenters. The number of amides is 2. The highest BCUT2D eigenvalue weighted by atomic mass is 32.1. The number of imidazole rings is 1. The molecular weight excluding hydrogens is 540 g/mol. The van der Waals surface area contributed by atoms with E-state index in [-0.39, 0.29) is 11.8 Å². The number of nitrogens with one attached hydrogen (secondary N) is 2. The van der Waals surface area contributed by atoms with Crippen molar-refractivity contribution in [2.45, 2.75) is 45.8 Å². The van der Waals surface area contributed by atoms with Crippen molar-refractivity contribution in [3.8, 4) is 16.2 Å². The van der Waals surface area contributed by atoms with Crippen LogP contribution in [-0.2, 0) is 29.5 Å². The summed E-state index contributed by atoms with van der Waals surface area (Å²) >= 11 is 1.47. The van der Waals surface area contributed by atoms with Gasteiger partial charge in [-0.2, -0.15) is 0 Å². The molecule has 1 fully saturated rings. The van der Waals surface area contributed by atoms with Crippen LogP contribution in [0.3, 0.4) is 0 Å². The van der Waals surface area contributed by atoms with Gasteiger partial charge in [0.1, 0.15) is 5.75 Å². The molecule has 2 N–H and O–H groups in total. The zero-order valence-electron chi connectivity index (χ0n) is 24.0. The molecule has 2 aliphatic heterocycles. The molecule has 2 amide bonds. The zero-order valence-corrected chi connectivity index (χ0v) is 24.8. The number of carbonyl (C=O) groups is 2. The molecule has 10 nitrogen and oxygen atoms in total. The van der Waals surface area contributed by atoms with Crippen molar-refractivity contribution in [2.75, 3.05) is 43.5 Å². The van der Waals surface area contributed by atoms with Crippen molar-refractivity contribution in [3.63, 3.8) is 0 Å². The number of rotatable bonds is 8. The molecule has 0 aliphatic carbocycles. The highest BCUT2D eigenvalue weighted by molar-refractivity contribution is 7.17. The lowest BCUT2D eigenvalue weighted by Gasteiger charge is -2.31. The number of nitrogens with zero attached hydrogens (tertiary/aromatic N) is 4. The van der Waals surface area contributed by atoms with E-state index in [0.717, 1.165) is 61.6 Å². The van der Waals surface area contributed by atoms with Crippen LogP contribution in [0.4, 0.5) is 11.6 Å². The molecule has 11 heteroatoms. The summed E-state index contributed by atoms with van der Waals surface area (Å²) in [4.78, 5) is 34.8. The highest BCUT2D eigenvalue weighted by Crippen LogP contribution is 2.38. The van der Waals surface area contributed by atoms with Crippen molar-refractivity contribution in [3.05, 3.63) is 47.1 Å². The molecule has 0 radical (unpaired) electrons. The van der Waals surface area contributed by atoms with Crippen LogP contribution < -0.4 is 15.4 Å². The monoisotopic (exact) mass is 576 g/mol. The molecule has 0 bridgehead atoms. The first kappa shape index (κ1) is 27.5. The third-order valence-corrected chi connectivity index (χ3v) is 8.91. The van der Waals surface area contributed by atoms with Gasteiger partial charge in [0.15, 0.2) is 5.60 Å². The predicted molar refractivity (Wildman–Crippen MR) is 161 cm³/mol. The predicted octanol–water partition coefficient (Wildman–Crippen LogP) is 4.75. The molecule has 216 valence electrons. The van der Waals surface area contributed by atoms with Gasteiger partial charge in [-0.1, -0.05) is 6.92 Å². The first-order valence-electron chi connectivity index (χ1n) is 14.1. The van der Waals surface area contributed by atoms with E-state index in [0.29, 0.717) is 34.3 Å². The quantitative estimate of drug-likeness (QED) is 0.314. The van der Waals surface area contributed by atoms with Crippen LogP contribution in [0.1, 0.15) is 42.6 Å². The van der Waals surface area contributed by atoms with E-state index in [4.69, 9.17) is 14.5 Å². The van der Waals surface area contributed by atoms with Crippen LogP contribution in [0.2, 0.25) is 0 Å². The molecule has 0 saturated carbocycles. The molecule has 1 aromatic carbocycles. The summed E-state index contributed by atoms with van der Waals surface area (Å²) in [6.07, 6.45) is 3.93. The van der Waals surface area contributed by atoms with Crippen LogP contribution in [0.15, 0.2) is 36.5 Å². The second-order valence-corrected chi connectivity index (χ2v) is 12.2. The molecular formula is C30H36N6O4S. The summed E-state index contributed by atoms with van der Waals surface area (Å²) in [6, 6.07) is 9.76. The Hall–Kier alpha value is -3.67. The summed E-state index contributed by atoms with van der Waals surface area (Å²) < 4.78 is 15.7.